The first-order valence-electron chi connectivity index (χ1n) is 10.4. The molecule has 2 aromatic carbocycles. The van der Waals surface area contributed by atoms with E-state index < -0.39 is 41.4 Å². The highest BCUT2D eigenvalue weighted by atomic mass is 19.4. The lowest BCUT2D eigenvalue weighted by molar-refractivity contribution is -0.140. The van der Waals surface area contributed by atoms with Crippen LogP contribution in [0.1, 0.15) is 5.56 Å². The average molecular weight is 502 g/mol. The molecular formula is C24H17F3N2O7. The summed E-state index contributed by atoms with van der Waals surface area (Å²) in [5, 5.41) is 9.01. The third-order valence-corrected chi connectivity index (χ3v) is 5.31. The van der Waals surface area contributed by atoms with Gasteiger partial charge in [0.25, 0.3) is 5.56 Å². The lowest BCUT2D eigenvalue weighted by Gasteiger charge is -2.15. The summed E-state index contributed by atoms with van der Waals surface area (Å²) in [5.41, 5.74) is -1.42. The van der Waals surface area contributed by atoms with Crippen LogP contribution in [0.5, 0.6) is 0 Å². The van der Waals surface area contributed by atoms with Gasteiger partial charge in [0.15, 0.2) is 6.10 Å². The van der Waals surface area contributed by atoms with Gasteiger partial charge in [-0.3, -0.25) is 9.69 Å². The minimum Gasteiger partial charge on any atom is -0.478 e. The normalized spacial score (nSPS) is 15.9. The van der Waals surface area contributed by atoms with Crippen LogP contribution in [0.2, 0.25) is 0 Å². The van der Waals surface area contributed by atoms with Crippen molar-refractivity contribution in [3.05, 3.63) is 76.6 Å². The number of carboxylic acid groups (broad SMARTS) is 1. The summed E-state index contributed by atoms with van der Waals surface area (Å²) in [6, 6.07) is 10.7. The van der Waals surface area contributed by atoms with Gasteiger partial charge in [0.1, 0.15) is 6.61 Å². The number of hydrogen-bond acceptors (Lipinski definition) is 6. The number of anilines is 1. The van der Waals surface area contributed by atoms with Crippen LogP contribution in [0.15, 0.2) is 65.5 Å². The number of esters is 1. The van der Waals surface area contributed by atoms with Gasteiger partial charge in [-0.2, -0.15) is 13.2 Å². The molecule has 186 valence electrons. The van der Waals surface area contributed by atoms with E-state index in [2.05, 4.69) is 4.98 Å². The molecule has 1 fully saturated rings. The standard InChI is InChI=1S/C24H17F3N2O7/c25-24(26,27)18-4-2-1-3-16(18)19-9-13-5-6-14(10-17(13)22(33)28-19)29-11-15(36-23(29)34)12-35-21(32)8-7-20(30)31/h1-10,15H,11-12H2,(H,28,33)(H,30,31)/b8-7-/t15-/m0/s1. The molecule has 0 saturated carbocycles. The molecular weight excluding hydrogens is 485 g/mol. The zero-order valence-corrected chi connectivity index (χ0v) is 18.2. The highest BCUT2D eigenvalue weighted by molar-refractivity contribution is 5.95. The van der Waals surface area contributed by atoms with E-state index in [4.69, 9.17) is 14.6 Å². The summed E-state index contributed by atoms with van der Waals surface area (Å²) < 4.78 is 50.3. The van der Waals surface area contributed by atoms with Crippen LogP contribution in [-0.2, 0) is 25.2 Å². The minimum atomic E-state index is -4.61. The number of ether oxygens (including phenoxy) is 2. The summed E-state index contributed by atoms with van der Waals surface area (Å²) >= 11 is 0. The minimum absolute atomic E-state index is 0.00687. The number of amides is 1. The number of aromatic amines is 1. The number of cyclic esters (lactones) is 1. The van der Waals surface area contributed by atoms with Crippen molar-refractivity contribution in [1.82, 2.24) is 4.98 Å². The Morgan fingerprint density at radius 3 is 2.61 bits per heavy atom. The molecule has 2 heterocycles. The van der Waals surface area contributed by atoms with E-state index in [9.17, 15) is 32.3 Å². The summed E-state index contributed by atoms with van der Waals surface area (Å²) in [6.45, 7) is -0.337. The maximum absolute atomic E-state index is 13.4. The molecule has 0 radical (unpaired) electrons. The van der Waals surface area contributed by atoms with Crippen LogP contribution in [0.4, 0.5) is 23.7 Å². The van der Waals surface area contributed by atoms with E-state index in [-0.39, 0.29) is 29.8 Å². The molecule has 1 aliphatic rings. The van der Waals surface area contributed by atoms with Gasteiger partial charge < -0.3 is 19.6 Å². The van der Waals surface area contributed by atoms with Crippen molar-refractivity contribution < 1.29 is 42.1 Å². The summed E-state index contributed by atoms with van der Waals surface area (Å²) in [6.07, 6.45) is -4.89. The number of benzene rings is 2. The summed E-state index contributed by atoms with van der Waals surface area (Å²) in [5.74, 6) is -2.25. The summed E-state index contributed by atoms with van der Waals surface area (Å²) in [7, 11) is 0. The molecule has 12 heteroatoms. The first-order chi connectivity index (χ1) is 17.0. The Kier molecular flexibility index (Phi) is 6.51. The van der Waals surface area contributed by atoms with E-state index in [1.807, 2.05) is 0 Å². The first kappa shape index (κ1) is 24.5. The number of aromatic nitrogens is 1. The SMILES string of the molecule is O=C(O)/C=C\C(=O)OC[C@@H]1CN(c2ccc3cc(-c4ccccc4C(F)(F)F)[nH]c(=O)c3c2)C(=O)O1. The van der Waals surface area contributed by atoms with Crippen molar-refractivity contribution in [1.29, 1.82) is 0 Å². The number of fused-ring (bicyclic) bond motifs is 1. The largest absolute Gasteiger partial charge is 0.478 e. The number of pyridine rings is 1. The van der Waals surface area contributed by atoms with Gasteiger partial charge in [-0.1, -0.05) is 24.3 Å². The first-order valence-corrected chi connectivity index (χ1v) is 10.4. The van der Waals surface area contributed by atoms with Crippen LogP contribution >= 0.6 is 0 Å². The van der Waals surface area contributed by atoms with Gasteiger partial charge in [0.05, 0.1) is 12.1 Å². The van der Waals surface area contributed by atoms with Crippen molar-refractivity contribution in [2.24, 2.45) is 0 Å². The van der Waals surface area contributed by atoms with Gasteiger partial charge in [0, 0.05) is 34.5 Å². The van der Waals surface area contributed by atoms with Gasteiger partial charge >= 0.3 is 24.2 Å². The van der Waals surface area contributed by atoms with Crippen LogP contribution in [0.3, 0.4) is 0 Å². The number of halogens is 3. The molecule has 1 aromatic heterocycles. The Hall–Kier alpha value is -4.61. The molecule has 1 saturated heterocycles. The molecule has 1 amide bonds. The quantitative estimate of drug-likeness (QED) is 0.389. The fraction of sp³-hybridized carbons (Fsp3) is 0.167. The van der Waals surface area contributed by atoms with E-state index >= 15 is 0 Å². The number of H-pyrrole nitrogens is 1. The monoisotopic (exact) mass is 502 g/mol. The molecule has 2 N–H and O–H groups in total. The predicted molar refractivity (Wildman–Crippen MR) is 120 cm³/mol. The number of hydrogen-bond donors (Lipinski definition) is 2. The molecule has 0 spiro atoms. The Bertz CT molecular complexity index is 1450. The zero-order chi connectivity index (χ0) is 26.0. The zero-order valence-electron chi connectivity index (χ0n) is 18.2. The number of nitrogens with one attached hydrogen (secondary N) is 1. The lowest BCUT2D eigenvalue weighted by atomic mass is 10.0. The number of alkyl halides is 3. The number of aliphatic carboxylic acids is 1. The average Bonchev–Trinajstić information content (AvgIpc) is 3.21. The second kappa shape index (κ2) is 9.56. The lowest BCUT2D eigenvalue weighted by Crippen LogP contribution is -2.26. The van der Waals surface area contributed by atoms with Gasteiger partial charge in [-0.05, 0) is 29.7 Å². The highest BCUT2D eigenvalue weighted by Crippen LogP contribution is 2.36. The third-order valence-electron chi connectivity index (χ3n) is 5.31. The van der Waals surface area contributed by atoms with E-state index in [0.717, 1.165) is 6.07 Å². The van der Waals surface area contributed by atoms with Gasteiger partial charge in [0.2, 0.25) is 0 Å². The fourth-order valence-corrected chi connectivity index (χ4v) is 3.71. The van der Waals surface area contributed by atoms with E-state index in [1.165, 1.54) is 47.4 Å². The van der Waals surface area contributed by atoms with Crippen LogP contribution < -0.4 is 10.5 Å². The maximum Gasteiger partial charge on any atom is 0.417 e. The van der Waals surface area contributed by atoms with Gasteiger partial charge in [-0.15, -0.1) is 0 Å². The Morgan fingerprint density at radius 1 is 1.14 bits per heavy atom. The van der Waals surface area contributed by atoms with Crippen molar-refractivity contribution in [2.75, 3.05) is 18.1 Å². The molecule has 9 nitrogen and oxygen atoms in total. The molecule has 0 aliphatic carbocycles. The molecule has 1 atom stereocenters. The number of carbonyl (C=O) groups is 3. The third kappa shape index (κ3) is 5.22. The molecule has 36 heavy (non-hydrogen) atoms. The van der Waals surface area contributed by atoms with E-state index in [1.54, 1.807) is 0 Å². The van der Waals surface area contributed by atoms with Crippen molar-refractivity contribution in [3.63, 3.8) is 0 Å². The van der Waals surface area contributed by atoms with Gasteiger partial charge in [-0.25, -0.2) is 14.4 Å². The second-order valence-electron chi connectivity index (χ2n) is 7.75. The molecule has 3 aromatic rings. The van der Waals surface area contributed by atoms with Crippen LogP contribution in [0, 0.1) is 0 Å². The molecule has 0 bridgehead atoms. The Labute approximate surface area is 200 Å². The van der Waals surface area contributed by atoms with Crippen molar-refractivity contribution >= 4 is 34.5 Å². The van der Waals surface area contributed by atoms with Crippen molar-refractivity contribution in [3.8, 4) is 11.3 Å². The fourth-order valence-electron chi connectivity index (χ4n) is 3.71. The number of nitrogens with zero attached hydrogens (tertiary/aromatic N) is 1. The molecule has 4 rings (SSSR count). The number of carbonyl (C=O) groups excluding carboxylic acids is 2. The Balaban J connectivity index is 1.56. The predicted octanol–water partition coefficient (Wildman–Crippen LogP) is 3.72. The second-order valence-corrected chi connectivity index (χ2v) is 7.75. The van der Waals surface area contributed by atoms with Crippen LogP contribution in [0.25, 0.3) is 22.0 Å². The number of rotatable bonds is 6. The molecule has 1 aliphatic heterocycles. The summed E-state index contributed by atoms with van der Waals surface area (Å²) in [4.78, 5) is 50.7. The molecule has 0 unspecified atom stereocenters. The van der Waals surface area contributed by atoms with Crippen molar-refractivity contribution in [2.45, 2.75) is 12.3 Å². The van der Waals surface area contributed by atoms with E-state index in [0.29, 0.717) is 23.2 Å². The Morgan fingerprint density at radius 2 is 1.89 bits per heavy atom. The smallest absolute Gasteiger partial charge is 0.417 e. The highest BCUT2D eigenvalue weighted by Gasteiger charge is 2.34. The van der Waals surface area contributed by atoms with Crippen LogP contribution in [-0.4, -0.2) is 47.4 Å². The maximum atomic E-state index is 13.4. The topological polar surface area (TPSA) is 126 Å². The number of carboxylic acids is 1.